The molecule has 2 rings (SSSR count). The van der Waals surface area contributed by atoms with Crippen LogP contribution in [0.15, 0.2) is 0 Å². The summed E-state index contributed by atoms with van der Waals surface area (Å²) in [5, 5.41) is 3.37. The van der Waals surface area contributed by atoms with E-state index in [9.17, 15) is 0 Å². The van der Waals surface area contributed by atoms with Crippen molar-refractivity contribution < 1.29 is 0 Å². The molecule has 0 aliphatic heterocycles. The van der Waals surface area contributed by atoms with Crippen molar-refractivity contribution in [2.75, 3.05) is 13.6 Å². The van der Waals surface area contributed by atoms with Crippen LogP contribution in [0.25, 0.3) is 0 Å². The van der Waals surface area contributed by atoms with Crippen molar-refractivity contribution in [1.29, 1.82) is 0 Å². The maximum Gasteiger partial charge on any atom is 0.000746 e. The monoisotopic (exact) mass is 153 g/mol. The van der Waals surface area contributed by atoms with Gasteiger partial charge in [0.25, 0.3) is 0 Å². The zero-order chi connectivity index (χ0) is 7.73. The van der Waals surface area contributed by atoms with Crippen molar-refractivity contribution in [3.8, 4) is 0 Å². The third kappa shape index (κ3) is 1.31. The van der Waals surface area contributed by atoms with Crippen LogP contribution in [0.1, 0.15) is 38.5 Å². The van der Waals surface area contributed by atoms with Crippen LogP contribution in [0.5, 0.6) is 0 Å². The Bertz CT molecular complexity index is 132. The van der Waals surface area contributed by atoms with E-state index in [-0.39, 0.29) is 0 Å². The maximum atomic E-state index is 3.37. The van der Waals surface area contributed by atoms with E-state index in [0.29, 0.717) is 0 Å². The van der Waals surface area contributed by atoms with Crippen LogP contribution in [-0.2, 0) is 0 Å². The van der Waals surface area contributed by atoms with E-state index in [4.69, 9.17) is 0 Å². The number of hydrogen-bond acceptors (Lipinski definition) is 1. The molecule has 0 bridgehead atoms. The van der Waals surface area contributed by atoms with Crippen LogP contribution < -0.4 is 5.32 Å². The molecule has 0 aromatic rings. The lowest BCUT2D eigenvalue weighted by Gasteiger charge is -2.28. The fourth-order valence-electron chi connectivity index (χ4n) is 2.86. The minimum absolute atomic E-state index is 0.745. The lowest BCUT2D eigenvalue weighted by Crippen LogP contribution is -2.31. The molecule has 0 amide bonds. The topological polar surface area (TPSA) is 12.0 Å². The summed E-state index contributed by atoms with van der Waals surface area (Å²) in [5.41, 5.74) is 0.745. The summed E-state index contributed by atoms with van der Waals surface area (Å²) in [5.74, 6) is 1.09. The molecule has 64 valence electrons. The molecule has 0 radical (unpaired) electrons. The van der Waals surface area contributed by atoms with Gasteiger partial charge in [0.15, 0.2) is 0 Å². The van der Waals surface area contributed by atoms with Gasteiger partial charge in [0.05, 0.1) is 0 Å². The fraction of sp³-hybridized carbons (Fsp3) is 1.00. The van der Waals surface area contributed by atoms with Crippen molar-refractivity contribution in [2.45, 2.75) is 38.5 Å². The Balaban J connectivity index is 1.99. The second-order valence-electron chi connectivity index (χ2n) is 4.37. The summed E-state index contributed by atoms with van der Waals surface area (Å²) < 4.78 is 0. The predicted molar refractivity (Wildman–Crippen MR) is 47.6 cm³/mol. The molecule has 1 heteroatoms. The van der Waals surface area contributed by atoms with E-state index in [1.807, 2.05) is 0 Å². The third-order valence-electron chi connectivity index (χ3n) is 3.57. The number of hydrogen-bond donors (Lipinski definition) is 1. The fourth-order valence-corrected chi connectivity index (χ4v) is 2.86. The molecule has 0 unspecified atom stereocenters. The standard InChI is InChI=1S/C10H19N/c1-11-8-10(9-4-5-9)6-2-3-7-10/h9,11H,2-8H2,1H3. The molecule has 0 aromatic heterocycles. The summed E-state index contributed by atoms with van der Waals surface area (Å²) in [6, 6.07) is 0. The van der Waals surface area contributed by atoms with Crippen LogP contribution in [0.4, 0.5) is 0 Å². The molecular formula is C10H19N. The molecule has 0 saturated heterocycles. The van der Waals surface area contributed by atoms with Gasteiger partial charge in [-0.15, -0.1) is 0 Å². The van der Waals surface area contributed by atoms with Crippen molar-refractivity contribution in [3.05, 3.63) is 0 Å². The highest BCUT2D eigenvalue weighted by Crippen LogP contribution is 2.54. The molecule has 0 spiro atoms. The van der Waals surface area contributed by atoms with Gasteiger partial charge in [0.2, 0.25) is 0 Å². The van der Waals surface area contributed by atoms with Gasteiger partial charge in [0.1, 0.15) is 0 Å². The Kier molecular flexibility index (Phi) is 1.92. The van der Waals surface area contributed by atoms with Crippen molar-refractivity contribution >= 4 is 0 Å². The largest absolute Gasteiger partial charge is 0.319 e. The molecule has 0 heterocycles. The van der Waals surface area contributed by atoms with E-state index in [1.165, 1.54) is 45.1 Å². The van der Waals surface area contributed by atoms with Crippen molar-refractivity contribution in [1.82, 2.24) is 5.32 Å². The average molecular weight is 153 g/mol. The quantitative estimate of drug-likeness (QED) is 0.655. The first kappa shape index (κ1) is 7.60. The molecule has 2 aliphatic carbocycles. The SMILES string of the molecule is CNCC1(C2CC2)CCCC1. The van der Waals surface area contributed by atoms with Gasteiger partial charge in [0, 0.05) is 6.54 Å². The molecule has 2 saturated carbocycles. The first-order valence-corrected chi connectivity index (χ1v) is 5.02. The molecule has 11 heavy (non-hydrogen) atoms. The van der Waals surface area contributed by atoms with E-state index in [0.717, 1.165) is 11.3 Å². The smallest absolute Gasteiger partial charge is 0.000746 e. The normalized spacial score (nSPS) is 29.2. The molecule has 1 N–H and O–H groups in total. The zero-order valence-corrected chi connectivity index (χ0v) is 7.53. The predicted octanol–water partition coefficient (Wildman–Crippen LogP) is 2.18. The first-order chi connectivity index (χ1) is 5.37. The number of rotatable bonds is 3. The van der Waals surface area contributed by atoms with Gasteiger partial charge in [-0.2, -0.15) is 0 Å². The van der Waals surface area contributed by atoms with Crippen LogP contribution in [0, 0.1) is 11.3 Å². The van der Waals surface area contributed by atoms with Gasteiger partial charge < -0.3 is 5.32 Å². The highest BCUT2D eigenvalue weighted by molar-refractivity contribution is 4.97. The Morgan fingerprint density at radius 2 is 1.91 bits per heavy atom. The minimum Gasteiger partial charge on any atom is -0.319 e. The summed E-state index contributed by atoms with van der Waals surface area (Å²) in [6.45, 7) is 1.28. The van der Waals surface area contributed by atoms with E-state index >= 15 is 0 Å². The Morgan fingerprint density at radius 3 is 2.36 bits per heavy atom. The first-order valence-electron chi connectivity index (χ1n) is 5.02. The van der Waals surface area contributed by atoms with E-state index in [2.05, 4.69) is 12.4 Å². The summed E-state index contributed by atoms with van der Waals surface area (Å²) in [6.07, 6.45) is 9.00. The molecule has 0 atom stereocenters. The summed E-state index contributed by atoms with van der Waals surface area (Å²) in [4.78, 5) is 0. The second-order valence-corrected chi connectivity index (χ2v) is 4.37. The third-order valence-corrected chi connectivity index (χ3v) is 3.57. The van der Waals surface area contributed by atoms with Gasteiger partial charge >= 0.3 is 0 Å². The van der Waals surface area contributed by atoms with Crippen LogP contribution in [0.2, 0.25) is 0 Å². The van der Waals surface area contributed by atoms with Crippen molar-refractivity contribution in [3.63, 3.8) is 0 Å². The minimum atomic E-state index is 0.745. The second kappa shape index (κ2) is 2.78. The lowest BCUT2D eigenvalue weighted by molar-refractivity contribution is 0.242. The maximum absolute atomic E-state index is 3.37. The van der Waals surface area contributed by atoms with Gasteiger partial charge in [-0.3, -0.25) is 0 Å². The molecule has 0 aromatic carbocycles. The van der Waals surface area contributed by atoms with E-state index < -0.39 is 0 Å². The lowest BCUT2D eigenvalue weighted by atomic mass is 9.81. The van der Waals surface area contributed by atoms with Gasteiger partial charge in [-0.1, -0.05) is 12.8 Å². The Morgan fingerprint density at radius 1 is 1.27 bits per heavy atom. The highest BCUT2D eigenvalue weighted by atomic mass is 14.8. The van der Waals surface area contributed by atoms with Crippen LogP contribution in [0.3, 0.4) is 0 Å². The Hall–Kier alpha value is -0.0400. The molecule has 2 aliphatic rings. The Labute approximate surface area is 69.6 Å². The van der Waals surface area contributed by atoms with Gasteiger partial charge in [-0.05, 0) is 44.1 Å². The van der Waals surface area contributed by atoms with Gasteiger partial charge in [-0.25, -0.2) is 0 Å². The summed E-state index contributed by atoms with van der Waals surface area (Å²) >= 11 is 0. The van der Waals surface area contributed by atoms with Crippen LogP contribution >= 0.6 is 0 Å². The van der Waals surface area contributed by atoms with Crippen molar-refractivity contribution in [2.24, 2.45) is 11.3 Å². The highest BCUT2D eigenvalue weighted by Gasteiger charge is 2.45. The molecular weight excluding hydrogens is 134 g/mol. The molecule has 1 nitrogen and oxygen atoms in total. The molecule has 2 fully saturated rings. The summed E-state index contributed by atoms with van der Waals surface area (Å²) in [7, 11) is 2.10. The van der Waals surface area contributed by atoms with Crippen LogP contribution in [-0.4, -0.2) is 13.6 Å². The van der Waals surface area contributed by atoms with E-state index in [1.54, 1.807) is 0 Å². The average Bonchev–Trinajstić information content (AvgIpc) is 2.76. The number of nitrogens with one attached hydrogen (secondary N) is 1. The zero-order valence-electron chi connectivity index (χ0n) is 7.53.